The van der Waals surface area contributed by atoms with Crippen LogP contribution in [0.1, 0.15) is 13.3 Å². The Hall–Kier alpha value is -3.43. The molecule has 3 N–H and O–H groups in total. The minimum atomic E-state index is -0.306. The molecule has 3 aromatic rings. The predicted molar refractivity (Wildman–Crippen MR) is 147 cm³/mol. The van der Waals surface area contributed by atoms with Crippen LogP contribution in [0.2, 0.25) is 0 Å². The predicted octanol–water partition coefficient (Wildman–Crippen LogP) is 6.03. The zero-order chi connectivity index (χ0) is 25.2. The molecular weight excluding hydrogens is 482 g/mol. The molecule has 0 aliphatic carbocycles. The highest BCUT2D eigenvalue weighted by molar-refractivity contribution is 8.00. The molecule has 0 aromatic heterocycles. The Kier molecular flexibility index (Phi) is 9.63. The number of carbonyl (C=O) groups excluding carboxylic acids is 1. The highest BCUT2D eigenvalue weighted by atomic mass is 32.2. The fourth-order valence-electron chi connectivity index (χ4n) is 3.29. The van der Waals surface area contributed by atoms with Crippen LogP contribution in [0.5, 0.6) is 17.2 Å². The third-order valence-corrected chi connectivity index (χ3v) is 6.62. The molecule has 1 atom stereocenters. The molecule has 0 bridgehead atoms. The summed E-state index contributed by atoms with van der Waals surface area (Å²) >= 11 is 6.95. The molecule has 35 heavy (non-hydrogen) atoms. The first kappa shape index (κ1) is 26.2. The summed E-state index contributed by atoms with van der Waals surface area (Å²) in [5.41, 5.74) is 2.15. The van der Waals surface area contributed by atoms with Crippen LogP contribution in [0, 0.1) is 0 Å². The molecule has 0 radical (unpaired) electrons. The van der Waals surface area contributed by atoms with Crippen LogP contribution in [-0.2, 0) is 4.79 Å². The van der Waals surface area contributed by atoms with Gasteiger partial charge in [0.15, 0.2) is 5.11 Å². The van der Waals surface area contributed by atoms with E-state index in [0.29, 0.717) is 34.5 Å². The van der Waals surface area contributed by atoms with Gasteiger partial charge >= 0.3 is 0 Å². The highest BCUT2D eigenvalue weighted by Gasteiger charge is 2.20. The average molecular weight is 512 g/mol. The van der Waals surface area contributed by atoms with Gasteiger partial charge in [0.05, 0.1) is 38.0 Å². The molecule has 0 aliphatic heterocycles. The SMILES string of the molecule is CCC(Sc1cccc(NC(=S)Nc2ccccc2OC)c1)C(=O)Nc1cc(OC)ccc1OC. The number of amides is 1. The lowest BCUT2D eigenvalue weighted by Crippen LogP contribution is -2.24. The number of ether oxygens (including phenoxy) is 3. The molecule has 0 fully saturated rings. The summed E-state index contributed by atoms with van der Waals surface area (Å²) in [5.74, 6) is 1.79. The van der Waals surface area contributed by atoms with Gasteiger partial charge in [-0.3, -0.25) is 4.79 Å². The summed E-state index contributed by atoms with van der Waals surface area (Å²) in [6.07, 6.45) is 0.647. The maximum absolute atomic E-state index is 13.1. The Labute approximate surface area is 215 Å². The van der Waals surface area contributed by atoms with Crippen molar-refractivity contribution in [2.24, 2.45) is 0 Å². The van der Waals surface area contributed by atoms with Crippen LogP contribution >= 0.6 is 24.0 Å². The number of carbonyl (C=O) groups is 1. The lowest BCUT2D eigenvalue weighted by atomic mass is 10.2. The van der Waals surface area contributed by atoms with Crippen LogP contribution in [0.4, 0.5) is 17.1 Å². The minimum absolute atomic E-state index is 0.115. The van der Waals surface area contributed by atoms with Crippen molar-refractivity contribution in [3.05, 3.63) is 66.7 Å². The molecule has 0 saturated heterocycles. The Morgan fingerprint density at radius 2 is 1.60 bits per heavy atom. The van der Waals surface area contributed by atoms with E-state index in [1.54, 1.807) is 39.5 Å². The zero-order valence-corrected chi connectivity index (χ0v) is 21.7. The van der Waals surface area contributed by atoms with Crippen molar-refractivity contribution in [2.45, 2.75) is 23.5 Å². The average Bonchev–Trinajstić information content (AvgIpc) is 2.87. The van der Waals surface area contributed by atoms with Gasteiger partial charge in [0, 0.05) is 16.6 Å². The maximum atomic E-state index is 13.1. The highest BCUT2D eigenvalue weighted by Crippen LogP contribution is 2.32. The van der Waals surface area contributed by atoms with Gasteiger partial charge in [-0.15, -0.1) is 11.8 Å². The standard InChI is InChI=1S/C26H29N3O4S2/c1-5-24(25(30)28-21-16-18(31-2)13-14-23(21)33-4)35-19-10-8-9-17(15-19)27-26(34)29-20-11-6-7-12-22(20)32-3/h6-16,24H,5H2,1-4H3,(H,28,30)(H2,27,29,34). The lowest BCUT2D eigenvalue weighted by Gasteiger charge is -2.18. The summed E-state index contributed by atoms with van der Waals surface area (Å²) < 4.78 is 16.0. The van der Waals surface area contributed by atoms with Crippen LogP contribution in [0.15, 0.2) is 71.6 Å². The maximum Gasteiger partial charge on any atom is 0.237 e. The first-order valence-corrected chi connectivity index (χ1v) is 12.3. The normalized spacial score (nSPS) is 11.2. The van der Waals surface area contributed by atoms with Gasteiger partial charge in [0.2, 0.25) is 5.91 Å². The third-order valence-electron chi connectivity index (χ3n) is 5.05. The fourth-order valence-corrected chi connectivity index (χ4v) is 4.53. The molecule has 184 valence electrons. The number of methoxy groups -OCH3 is 3. The molecule has 9 heteroatoms. The Bertz CT molecular complexity index is 1170. The molecule has 0 spiro atoms. The number of anilines is 3. The summed E-state index contributed by atoms with van der Waals surface area (Å²) in [6.45, 7) is 1.98. The number of rotatable bonds is 10. The van der Waals surface area contributed by atoms with Crippen LogP contribution in [0.25, 0.3) is 0 Å². The number of benzene rings is 3. The van der Waals surface area contributed by atoms with E-state index in [4.69, 9.17) is 26.4 Å². The summed E-state index contributed by atoms with van der Waals surface area (Å²) in [7, 11) is 4.76. The Morgan fingerprint density at radius 3 is 2.31 bits per heavy atom. The van der Waals surface area contributed by atoms with Crippen LogP contribution in [0.3, 0.4) is 0 Å². The monoisotopic (exact) mass is 511 g/mol. The lowest BCUT2D eigenvalue weighted by molar-refractivity contribution is -0.115. The first-order valence-electron chi connectivity index (χ1n) is 11.0. The molecule has 7 nitrogen and oxygen atoms in total. The van der Waals surface area contributed by atoms with Gasteiger partial charge in [-0.1, -0.05) is 25.1 Å². The number of para-hydroxylation sites is 2. The number of nitrogens with one attached hydrogen (secondary N) is 3. The molecule has 1 unspecified atom stereocenters. The molecule has 0 saturated carbocycles. The van der Waals surface area contributed by atoms with Crippen molar-refractivity contribution in [2.75, 3.05) is 37.3 Å². The zero-order valence-electron chi connectivity index (χ0n) is 20.1. The topological polar surface area (TPSA) is 80.9 Å². The van der Waals surface area contributed by atoms with Crippen LogP contribution < -0.4 is 30.2 Å². The smallest absolute Gasteiger partial charge is 0.237 e. The second-order valence-electron chi connectivity index (χ2n) is 7.38. The Balaban J connectivity index is 1.66. The van der Waals surface area contributed by atoms with Gasteiger partial charge in [-0.05, 0) is 61.1 Å². The van der Waals surface area contributed by atoms with E-state index in [-0.39, 0.29) is 11.2 Å². The fraction of sp³-hybridized carbons (Fsp3) is 0.231. The summed E-state index contributed by atoms with van der Waals surface area (Å²) in [5, 5.41) is 9.44. The van der Waals surface area contributed by atoms with Crippen molar-refractivity contribution in [1.29, 1.82) is 0 Å². The molecule has 0 heterocycles. The molecule has 3 aromatic carbocycles. The van der Waals surface area contributed by atoms with Crippen molar-refractivity contribution < 1.29 is 19.0 Å². The van der Waals surface area contributed by atoms with Gasteiger partial charge in [0.25, 0.3) is 0 Å². The molecule has 0 aliphatic rings. The van der Waals surface area contributed by atoms with E-state index >= 15 is 0 Å². The van der Waals surface area contributed by atoms with Gasteiger partial charge in [-0.25, -0.2) is 0 Å². The van der Waals surface area contributed by atoms with Crippen molar-refractivity contribution in [1.82, 2.24) is 0 Å². The molecule has 1 amide bonds. The number of hydrogen-bond donors (Lipinski definition) is 3. The van der Waals surface area contributed by atoms with E-state index in [9.17, 15) is 4.79 Å². The van der Waals surface area contributed by atoms with Crippen molar-refractivity contribution in [3.63, 3.8) is 0 Å². The number of thioether (sulfide) groups is 1. The van der Waals surface area contributed by atoms with Gasteiger partial charge < -0.3 is 30.2 Å². The van der Waals surface area contributed by atoms with E-state index in [1.165, 1.54) is 11.8 Å². The van der Waals surface area contributed by atoms with E-state index in [0.717, 1.165) is 16.3 Å². The quantitative estimate of drug-likeness (QED) is 0.225. The second kappa shape index (κ2) is 12.9. The van der Waals surface area contributed by atoms with Gasteiger partial charge in [0.1, 0.15) is 17.2 Å². The second-order valence-corrected chi connectivity index (χ2v) is 9.06. The Morgan fingerprint density at radius 1 is 0.857 bits per heavy atom. The minimum Gasteiger partial charge on any atom is -0.497 e. The van der Waals surface area contributed by atoms with E-state index in [1.807, 2.05) is 55.5 Å². The van der Waals surface area contributed by atoms with Crippen molar-refractivity contribution in [3.8, 4) is 17.2 Å². The molecular formula is C26H29N3O4S2. The van der Waals surface area contributed by atoms with Crippen LogP contribution in [-0.4, -0.2) is 37.6 Å². The largest absolute Gasteiger partial charge is 0.497 e. The number of hydrogen-bond acceptors (Lipinski definition) is 6. The van der Waals surface area contributed by atoms with E-state index in [2.05, 4.69) is 16.0 Å². The number of thiocarbonyl (C=S) groups is 1. The summed E-state index contributed by atoms with van der Waals surface area (Å²) in [4.78, 5) is 14.0. The third kappa shape index (κ3) is 7.27. The van der Waals surface area contributed by atoms with Crippen molar-refractivity contribution >= 4 is 52.1 Å². The van der Waals surface area contributed by atoms with Gasteiger partial charge in [-0.2, -0.15) is 0 Å². The molecule has 3 rings (SSSR count). The van der Waals surface area contributed by atoms with E-state index < -0.39 is 0 Å². The first-order chi connectivity index (χ1) is 17.0. The summed E-state index contributed by atoms with van der Waals surface area (Å²) in [6, 6.07) is 20.6.